The van der Waals surface area contributed by atoms with E-state index in [2.05, 4.69) is 34.4 Å². The zero-order valence-electron chi connectivity index (χ0n) is 15.6. The summed E-state index contributed by atoms with van der Waals surface area (Å²) < 4.78 is -0.104. The molecule has 2 aromatic heterocycles. The molecule has 0 fully saturated rings. The molecule has 0 spiro atoms. The van der Waals surface area contributed by atoms with Crippen LogP contribution in [-0.2, 0) is 11.3 Å². The van der Waals surface area contributed by atoms with Crippen LogP contribution in [0.4, 0.5) is 10.6 Å². The summed E-state index contributed by atoms with van der Waals surface area (Å²) in [6, 6.07) is 4.73. The number of aromatic nitrogens is 2. The van der Waals surface area contributed by atoms with E-state index in [1.165, 1.54) is 4.90 Å². The maximum Gasteiger partial charge on any atom is 0.318 e. The standard InChI is InChI=1S/C18H24IN5O2S/c1-12(2)17-22-13(11-27-17)10-24(3)18(26)23-14(16(19)25)7-9-21-15-6-4-5-8-20-15/h4-6,8,11-12,14H,7,9-10H2,1-3H3,(H,20,21)(H,23,26). The average Bonchev–Trinajstić information content (AvgIpc) is 3.10. The smallest absolute Gasteiger partial charge is 0.318 e. The minimum Gasteiger partial charge on any atom is -0.370 e. The zero-order valence-corrected chi connectivity index (χ0v) is 18.6. The maximum absolute atomic E-state index is 12.4. The molecule has 1 unspecified atom stereocenters. The van der Waals surface area contributed by atoms with Gasteiger partial charge in [-0.25, -0.2) is 14.8 Å². The molecule has 2 N–H and O–H groups in total. The third-order valence-electron chi connectivity index (χ3n) is 3.78. The molecule has 0 bridgehead atoms. The second-order valence-electron chi connectivity index (χ2n) is 6.42. The second kappa shape index (κ2) is 10.5. The number of hydrogen-bond acceptors (Lipinski definition) is 6. The number of nitrogens with one attached hydrogen (secondary N) is 2. The molecule has 2 rings (SSSR count). The van der Waals surface area contributed by atoms with Gasteiger partial charge in [0.05, 0.1) is 17.2 Å². The van der Waals surface area contributed by atoms with E-state index in [1.807, 2.05) is 23.6 Å². The van der Waals surface area contributed by atoms with Crippen LogP contribution in [-0.4, -0.2) is 44.3 Å². The molecule has 1 atom stereocenters. The van der Waals surface area contributed by atoms with Gasteiger partial charge in [-0.05, 0) is 18.6 Å². The highest BCUT2D eigenvalue weighted by Gasteiger charge is 2.21. The van der Waals surface area contributed by atoms with Gasteiger partial charge in [-0.3, -0.25) is 4.79 Å². The average molecular weight is 501 g/mol. The number of thiazole rings is 1. The lowest BCUT2D eigenvalue weighted by Crippen LogP contribution is -2.45. The van der Waals surface area contributed by atoms with Gasteiger partial charge in [-0.15, -0.1) is 11.3 Å². The van der Waals surface area contributed by atoms with Gasteiger partial charge in [-0.2, -0.15) is 0 Å². The first kappa shape index (κ1) is 21.5. The van der Waals surface area contributed by atoms with E-state index in [0.29, 0.717) is 25.4 Å². The highest BCUT2D eigenvalue weighted by atomic mass is 127. The summed E-state index contributed by atoms with van der Waals surface area (Å²) in [7, 11) is 1.70. The molecule has 0 saturated heterocycles. The van der Waals surface area contributed by atoms with E-state index in [0.717, 1.165) is 16.5 Å². The first-order chi connectivity index (χ1) is 12.9. The summed E-state index contributed by atoms with van der Waals surface area (Å²) in [6.07, 6.45) is 2.18. The summed E-state index contributed by atoms with van der Waals surface area (Å²) in [4.78, 5) is 34.6. The molecule has 2 amide bonds. The summed E-state index contributed by atoms with van der Waals surface area (Å²) in [5.41, 5.74) is 0.857. The van der Waals surface area contributed by atoms with Crippen LogP contribution in [0.15, 0.2) is 29.8 Å². The monoisotopic (exact) mass is 501 g/mol. The van der Waals surface area contributed by atoms with Gasteiger partial charge in [-0.1, -0.05) is 19.9 Å². The second-order valence-corrected chi connectivity index (χ2v) is 8.38. The number of pyridine rings is 1. The van der Waals surface area contributed by atoms with Crippen LogP contribution in [0.3, 0.4) is 0 Å². The molecule has 0 aliphatic carbocycles. The number of nitrogens with zero attached hydrogens (tertiary/aromatic N) is 3. The number of hydrogen-bond donors (Lipinski definition) is 2. The maximum atomic E-state index is 12.4. The molecule has 0 aliphatic rings. The Morgan fingerprint density at radius 2 is 2.11 bits per heavy atom. The highest BCUT2D eigenvalue weighted by molar-refractivity contribution is 14.1. The van der Waals surface area contributed by atoms with Crippen molar-refractivity contribution in [3.8, 4) is 0 Å². The number of rotatable bonds is 9. The molecule has 2 aromatic rings. The van der Waals surface area contributed by atoms with Crippen molar-refractivity contribution in [3.05, 3.63) is 40.5 Å². The summed E-state index contributed by atoms with van der Waals surface area (Å²) in [5, 5.41) is 8.97. The number of amides is 2. The Hall–Kier alpha value is -1.75. The number of urea groups is 1. The molecule has 0 saturated carbocycles. The van der Waals surface area contributed by atoms with Crippen LogP contribution in [0.1, 0.15) is 36.9 Å². The zero-order chi connectivity index (χ0) is 19.8. The quantitative estimate of drug-likeness (QED) is 0.405. The van der Waals surface area contributed by atoms with Crippen molar-refractivity contribution in [2.45, 2.75) is 38.8 Å². The minimum atomic E-state index is -0.557. The fourth-order valence-corrected chi connectivity index (χ4v) is 3.58. The Bertz CT molecular complexity index is 753. The molecule has 9 heteroatoms. The van der Waals surface area contributed by atoms with Gasteiger partial charge in [0.25, 0.3) is 0 Å². The molecular weight excluding hydrogens is 477 g/mol. The van der Waals surface area contributed by atoms with Crippen LogP contribution in [0.25, 0.3) is 0 Å². The molecule has 0 aliphatic heterocycles. The van der Waals surface area contributed by atoms with E-state index >= 15 is 0 Å². The van der Waals surface area contributed by atoms with E-state index in [4.69, 9.17) is 0 Å². The molecule has 0 radical (unpaired) electrons. The number of carbonyl (C=O) groups is 2. The molecule has 146 valence electrons. The highest BCUT2D eigenvalue weighted by Crippen LogP contribution is 2.19. The largest absolute Gasteiger partial charge is 0.370 e. The van der Waals surface area contributed by atoms with Gasteiger partial charge in [0, 0.05) is 53.7 Å². The van der Waals surface area contributed by atoms with E-state index < -0.39 is 6.04 Å². The number of halogens is 1. The predicted molar refractivity (Wildman–Crippen MR) is 116 cm³/mol. The normalized spacial score (nSPS) is 11.9. The van der Waals surface area contributed by atoms with Crippen LogP contribution < -0.4 is 10.6 Å². The molecule has 7 nitrogen and oxygen atoms in total. The Morgan fingerprint density at radius 3 is 2.70 bits per heavy atom. The SMILES string of the molecule is CC(C)c1nc(CN(C)C(=O)NC(CCNc2ccccn2)C(=O)I)cs1. The van der Waals surface area contributed by atoms with Crippen molar-refractivity contribution < 1.29 is 9.59 Å². The number of anilines is 1. The van der Waals surface area contributed by atoms with Crippen molar-refractivity contribution in [1.82, 2.24) is 20.2 Å². The lowest BCUT2D eigenvalue weighted by molar-refractivity contribution is -0.111. The van der Waals surface area contributed by atoms with E-state index in [1.54, 1.807) is 47.2 Å². The van der Waals surface area contributed by atoms with E-state index in [9.17, 15) is 9.59 Å². The predicted octanol–water partition coefficient (Wildman–Crippen LogP) is 3.64. The Kier molecular flexibility index (Phi) is 8.42. The van der Waals surface area contributed by atoms with Crippen LogP contribution >= 0.6 is 33.9 Å². The fraction of sp³-hybridized carbons (Fsp3) is 0.444. The molecule has 27 heavy (non-hydrogen) atoms. The molecule has 2 heterocycles. The van der Waals surface area contributed by atoms with Crippen molar-refractivity contribution in [2.75, 3.05) is 18.9 Å². The number of carbonyl (C=O) groups excluding carboxylic acids is 2. The molecule has 0 aromatic carbocycles. The van der Waals surface area contributed by atoms with Gasteiger partial charge in [0.2, 0.25) is 3.79 Å². The Labute approximate surface area is 177 Å². The third-order valence-corrected chi connectivity index (χ3v) is 5.73. The fourth-order valence-electron chi connectivity index (χ4n) is 2.29. The Balaban J connectivity index is 1.84. The third kappa shape index (κ3) is 7.06. The minimum absolute atomic E-state index is 0.104. The van der Waals surface area contributed by atoms with Crippen molar-refractivity contribution in [3.63, 3.8) is 0 Å². The van der Waals surface area contributed by atoms with Gasteiger partial charge >= 0.3 is 6.03 Å². The first-order valence-electron chi connectivity index (χ1n) is 8.67. The Morgan fingerprint density at radius 1 is 1.33 bits per heavy atom. The van der Waals surface area contributed by atoms with Crippen LogP contribution in [0.2, 0.25) is 0 Å². The van der Waals surface area contributed by atoms with E-state index in [-0.39, 0.29) is 9.82 Å². The molecular formula is C18H24IN5O2S. The summed E-state index contributed by atoms with van der Waals surface area (Å²) >= 11 is 3.32. The van der Waals surface area contributed by atoms with Crippen molar-refractivity contribution >= 4 is 49.6 Å². The van der Waals surface area contributed by atoms with Gasteiger partial charge < -0.3 is 15.5 Å². The lowest BCUT2D eigenvalue weighted by Gasteiger charge is -2.21. The first-order valence-corrected chi connectivity index (χ1v) is 10.6. The van der Waals surface area contributed by atoms with Crippen LogP contribution in [0.5, 0.6) is 0 Å². The van der Waals surface area contributed by atoms with Crippen molar-refractivity contribution in [2.24, 2.45) is 0 Å². The van der Waals surface area contributed by atoms with Gasteiger partial charge in [0.15, 0.2) is 0 Å². The topological polar surface area (TPSA) is 87.2 Å². The summed E-state index contributed by atoms with van der Waals surface area (Å²) in [6.45, 7) is 5.12. The van der Waals surface area contributed by atoms with Crippen molar-refractivity contribution in [1.29, 1.82) is 0 Å². The lowest BCUT2D eigenvalue weighted by atomic mass is 10.2. The van der Waals surface area contributed by atoms with Crippen LogP contribution in [0, 0.1) is 0 Å². The summed E-state index contributed by atoms with van der Waals surface area (Å²) in [5.74, 6) is 1.11. The van der Waals surface area contributed by atoms with Gasteiger partial charge in [0.1, 0.15) is 11.9 Å².